The second kappa shape index (κ2) is 6.44. The van der Waals surface area contributed by atoms with E-state index in [1.54, 1.807) is 0 Å². The second-order valence-corrected chi connectivity index (χ2v) is 7.57. The molecule has 1 heteroatoms. The highest BCUT2D eigenvalue weighted by Gasteiger charge is 2.11. The molecule has 0 unspecified atom stereocenters. The second-order valence-electron chi connectivity index (χ2n) is 7.57. The molecule has 0 aliphatic heterocycles. The van der Waals surface area contributed by atoms with Gasteiger partial charge in [0.05, 0.1) is 0 Å². The summed E-state index contributed by atoms with van der Waals surface area (Å²) in [6.45, 7) is 0. The van der Waals surface area contributed by atoms with Gasteiger partial charge in [0.15, 0.2) is 0 Å². The molecule has 0 aliphatic carbocycles. The van der Waals surface area contributed by atoms with Crippen LogP contribution in [0, 0.1) is 11.8 Å². The molecule has 30 heavy (non-hydrogen) atoms. The summed E-state index contributed by atoms with van der Waals surface area (Å²) in [5, 5.41) is 9.20. The van der Waals surface area contributed by atoms with Crippen LogP contribution in [0.1, 0.15) is 15.9 Å². The van der Waals surface area contributed by atoms with Crippen molar-refractivity contribution in [2.45, 2.75) is 0 Å². The van der Waals surface area contributed by atoms with E-state index in [2.05, 4.69) is 60.4 Å². The third-order valence-electron chi connectivity index (χ3n) is 5.87. The van der Waals surface area contributed by atoms with Gasteiger partial charge in [0.1, 0.15) is 0 Å². The monoisotopic (exact) mass is 380 g/mol. The fraction of sp³-hybridized carbons (Fsp3) is 0. The summed E-state index contributed by atoms with van der Waals surface area (Å²) in [4.78, 5) is 12.9. The highest BCUT2D eigenvalue weighted by molar-refractivity contribution is 6.24. The van der Waals surface area contributed by atoms with E-state index in [0.717, 1.165) is 21.7 Å². The van der Waals surface area contributed by atoms with Crippen LogP contribution < -0.4 is 0 Å². The van der Waals surface area contributed by atoms with Gasteiger partial charge >= 0.3 is 0 Å². The standard InChI is InChI=1S/C29H16O/c30-27(26-10-4-6-19-5-1-2-9-24(19)26)18-16-20-11-12-23-14-13-21-7-3-8-22-15-17-25(20)29(23)28(21)22/h1-15,17H. The van der Waals surface area contributed by atoms with E-state index in [-0.39, 0.29) is 5.78 Å². The molecule has 0 heterocycles. The van der Waals surface area contributed by atoms with Crippen LogP contribution in [0.15, 0.2) is 97.1 Å². The van der Waals surface area contributed by atoms with Crippen LogP contribution in [-0.4, -0.2) is 5.78 Å². The molecule has 0 radical (unpaired) electrons. The van der Waals surface area contributed by atoms with Gasteiger partial charge in [-0.1, -0.05) is 90.8 Å². The first-order valence-corrected chi connectivity index (χ1v) is 10.0. The van der Waals surface area contributed by atoms with E-state index >= 15 is 0 Å². The predicted octanol–water partition coefficient (Wildman–Crippen LogP) is 6.97. The van der Waals surface area contributed by atoms with E-state index in [1.165, 1.54) is 26.9 Å². The van der Waals surface area contributed by atoms with Gasteiger partial charge in [-0.25, -0.2) is 0 Å². The third kappa shape index (κ3) is 2.48. The SMILES string of the molecule is O=C(C#Cc1ccc2ccc3cccc4ccc1c2c34)c1cccc2ccccc12. The molecule has 0 atom stereocenters. The highest BCUT2D eigenvalue weighted by atomic mass is 16.1. The maximum absolute atomic E-state index is 12.9. The topological polar surface area (TPSA) is 17.1 Å². The Labute approximate surface area is 173 Å². The maximum atomic E-state index is 12.9. The van der Waals surface area contributed by atoms with Crippen molar-refractivity contribution < 1.29 is 4.79 Å². The molecule has 6 aromatic rings. The number of carbonyl (C=O) groups excluding carboxylic acids is 1. The Morgan fingerprint density at radius 1 is 0.533 bits per heavy atom. The number of hydrogen-bond acceptors (Lipinski definition) is 1. The van der Waals surface area contributed by atoms with Gasteiger partial charge in [-0.05, 0) is 61.1 Å². The van der Waals surface area contributed by atoms with Gasteiger partial charge in [0.25, 0.3) is 0 Å². The number of fused-ring (bicyclic) bond motifs is 1. The molecule has 0 bridgehead atoms. The van der Waals surface area contributed by atoms with Gasteiger partial charge in [0, 0.05) is 11.1 Å². The lowest BCUT2D eigenvalue weighted by atomic mass is 9.92. The Morgan fingerprint density at radius 3 is 2.03 bits per heavy atom. The van der Waals surface area contributed by atoms with Crippen molar-refractivity contribution in [1.82, 2.24) is 0 Å². The minimum absolute atomic E-state index is 0.155. The smallest absolute Gasteiger partial charge is 0.236 e. The molecule has 0 N–H and O–H groups in total. The number of benzene rings is 6. The molecule has 138 valence electrons. The van der Waals surface area contributed by atoms with Gasteiger partial charge in [0.2, 0.25) is 5.78 Å². The Balaban J connectivity index is 1.53. The molecule has 0 fully saturated rings. The third-order valence-corrected chi connectivity index (χ3v) is 5.87. The number of Topliss-reactive ketones (excluding diaryl/α,β-unsaturated/α-hetero) is 1. The van der Waals surface area contributed by atoms with Crippen LogP contribution in [0.3, 0.4) is 0 Å². The minimum Gasteiger partial charge on any atom is -0.279 e. The molecular formula is C29H16O. The summed E-state index contributed by atoms with van der Waals surface area (Å²) >= 11 is 0. The first kappa shape index (κ1) is 16.8. The fourth-order valence-corrected chi connectivity index (χ4v) is 4.46. The van der Waals surface area contributed by atoms with Gasteiger partial charge < -0.3 is 0 Å². The first-order chi connectivity index (χ1) is 14.8. The Morgan fingerprint density at radius 2 is 1.17 bits per heavy atom. The molecule has 0 spiro atoms. The number of rotatable bonds is 1. The summed E-state index contributed by atoms with van der Waals surface area (Å²) < 4.78 is 0. The molecule has 0 aromatic heterocycles. The molecular weight excluding hydrogens is 364 g/mol. The Hall–Kier alpha value is -4.15. The number of hydrogen-bond donors (Lipinski definition) is 0. The van der Waals surface area contributed by atoms with Crippen LogP contribution in [-0.2, 0) is 0 Å². The van der Waals surface area contributed by atoms with Crippen LogP contribution >= 0.6 is 0 Å². The average molecular weight is 380 g/mol. The minimum atomic E-state index is -0.155. The highest BCUT2D eigenvalue weighted by Crippen LogP contribution is 2.35. The van der Waals surface area contributed by atoms with Crippen molar-refractivity contribution in [3.63, 3.8) is 0 Å². The van der Waals surface area contributed by atoms with Crippen LogP contribution in [0.25, 0.3) is 43.1 Å². The predicted molar refractivity (Wildman–Crippen MR) is 125 cm³/mol. The van der Waals surface area contributed by atoms with Gasteiger partial charge in [-0.3, -0.25) is 4.79 Å². The lowest BCUT2D eigenvalue weighted by Gasteiger charge is -2.11. The van der Waals surface area contributed by atoms with E-state index in [0.29, 0.717) is 5.56 Å². The molecule has 0 amide bonds. The van der Waals surface area contributed by atoms with Crippen molar-refractivity contribution in [1.29, 1.82) is 0 Å². The summed E-state index contributed by atoms with van der Waals surface area (Å²) in [5.74, 6) is 5.90. The van der Waals surface area contributed by atoms with Gasteiger partial charge in [-0.15, -0.1) is 0 Å². The quantitative estimate of drug-likeness (QED) is 0.171. The zero-order valence-electron chi connectivity index (χ0n) is 16.1. The van der Waals surface area contributed by atoms with Gasteiger partial charge in [-0.2, -0.15) is 0 Å². The zero-order chi connectivity index (χ0) is 20.1. The van der Waals surface area contributed by atoms with Crippen molar-refractivity contribution in [3.8, 4) is 11.8 Å². The lowest BCUT2D eigenvalue weighted by molar-refractivity contribution is 0.105. The number of ketones is 1. The largest absolute Gasteiger partial charge is 0.279 e. The molecule has 0 saturated carbocycles. The van der Waals surface area contributed by atoms with Crippen molar-refractivity contribution in [2.24, 2.45) is 0 Å². The summed E-state index contributed by atoms with van der Waals surface area (Å²) in [6.07, 6.45) is 0. The lowest BCUT2D eigenvalue weighted by Crippen LogP contribution is -1.96. The molecule has 0 saturated heterocycles. The van der Waals surface area contributed by atoms with Crippen molar-refractivity contribution in [2.75, 3.05) is 0 Å². The van der Waals surface area contributed by atoms with Crippen molar-refractivity contribution in [3.05, 3.63) is 108 Å². The summed E-state index contributed by atoms with van der Waals surface area (Å²) in [7, 11) is 0. The molecule has 1 nitrogen and oxygen atoms in total. The molecule has 6 rings (SSSR count). The Kier molecular flexibility index (Phi) is 3.60. The van der Waals surface area contributed by atoms with Crippen LogP contribution in [0.5, 0.6) is 0 Å². The van der Waals surface area contributed by atoms with Crippen LogP contribution in [0.2, 0.25) is 0 Å². The van der Waals surface area contributed by atoms with E-state index in [9.17, 15) is 4.79 Å². The van der Waals surface area contributed by atoms with E-state index in [4.69, 9.17) is 0 Å². The number of carbonyl (C=O) groups is 1. The summed E-state index contributed by atoms with van der Waals surface area (Å²) in [6, 6.07) is 32.8. The summed E-state index contributed by atoms with van der Waals surface area (Å²) in [5.41, 5.74) is 1.53. The zero-order valence-corrected chi connectivity index (χ0v) is 16.1. The van der Waals surface area contributed by atoms with E-state index in [1.807, 2.05) is 48.5 Å². The fourth-order valence-electron chi connectivity index (χ4n) is 4.46. The normalized spacial score (nSPS) is 11.2. The molecule has 6 aromatic carbocycles. The Bertz CT molecular complexity index is 1640. The molecule has 0 aliphatic rings. The average Bonchev–Trinajstić information content (AvgIpc) is 2.81. The van der Waals surface area contributed by atoms with Crippen LogP contribution in [0.4, 0.5) is 0 Å². The first-order valence-electron chi connectivity index (χ1n) is 10.0. The van der Waals surface area contributed by atoms with Crippen molar-refractivity contribution >= 4 is 48.9 Å². The maximum Gasteiger partial charge on any atom is 0.236 e. The van der Waals surface area contributed by atoms with E-state index < -0.39 is 0 Å².